The Kier molecular flexibility index (Phi) is 3.65. The van der Waals surface area contributed by atoms with Gasteiger partial charge >= 0.3 is 0 Å². The van der Waals surface area contributed by atoms with E-state index in [-0.39, 0.29) is 5.95 Å². The third-order valence-electron chi connectivity index (χ3n) is 3.20. The standard InChI is InChI=1S/C16H15N3O3/c1-20-10-5-6-14(21-2)11(8-10)12-9-13(19-16(17)18-12)15-4-3-7-22-15/h3-9H,1-2H3,(H2,17,18,19). The third-order valence-corrected chi connectivity index (χ3v) is 3.20. The lowest BCUT2D eigenvalue weighted by molar-refractivity contribution is 0.404. The van der Waals surface area contributed by atoms with Crippen molar-refractivity contribution in [1.29, 1.82) is 0 Å². The number of hydrogen-bond donors (Lipinski definition) is 1. The van der Waals surface area contributed by atoms with Crippen LogP contribution in [0, 0.1) is 0 Å². The highest BCUT2D eigenvalue weighted by Gasteiger charge is 2.13. The highest BCUT2D eigenvalue weighted by molar-refractivity contribution is 5.73. The molecular formula is C16H15N3O3. The maximum absolute atomic E-state index is 5.83. The van der Waals surface area contributed by atoms with Gasteiger partial charge in [-0.15, -0.1) is 0 Å². The Morgan fingerprint density at radius 3 is 2.50 bits per heavy atom. The number of furan rings is 1. The van der Waals surface area contributed by atoms with Crippen LogP contribution >= 0.6 is 0 Å². The summed E-state index contributed by atoms with van der Waals surface area (Å²) in [6.07, 6.45) is 1.58. The SMILES string of the molecule is COc1ccc(OC)c(-c2cc(-c3ccco3)nc(N)n2)c1. The van der Waals surface area contributed by atoms with Gasteiger partial charge in [0, 0.05) is 5.56 Å². The van der Waals surface area contributed by atoms with Crippen molar-refractivity contribution in [3.8, 4) is 34.2 Å². The summed E-state index contributed by atoms with van der Waals surface area (Å²) in [7, 11) is 3.21. The molecule has 0 aliphatic heterocycles. The summed E-state index contributed by atoms with van der Waals surface area (Å²) in [5.41, 5.74) is 7.84. The molecule has 0 bridgehead atoms. The molecule has 6 nitrogen and oxygen atoms in total. The maximum atomic E-state index is 5.83. The molecule has 6 heteroatoms. The molecule has 112 valence electrons. The van der Waals surface area contributed by atoms with Crippen LogP contribution in [0.15, 0.2) is 47.1 Å². The molecule has 0 radical (unpaired) electrons. The van der Waals surface area contributed by atoms with Crippen molar-refractivity contribution in [2.75, 3.05) is 20.0 Å². The van der Waals surface area contributed by atoms with Crippen LogP contribution in [0.1, 0.15) is 0 Å². The average molecular weight is 297 g/mol. The van der Waals surface area contributed by atoms with Crippen molar-refractivity contribution < 1.29 is 13.9 Å². The van der Waals surface area contributed by atoms with E-state index < -0.39 is 0 Å². The fourth-order valence-corrected chi connectivity index (χ4v) is 2.17. The van der Waals surface area contributed by atoms with Crippen molar-refractivity contribution in [2.45, 2.75) is 0 Å². The Hall–Kier alpha value is -3.02. The van der Waals surface area contributed by atoms with Crippen LogP contribution in [0.25, 0.3) is 22.7 Å². The molecule has 0 unspecified atom stereocenters. The second-order valence-electron chi connectivity index (χ2n) is 4.54. The third kappa shape index (κ3) is 2.58. The number of benzene rings is 1. The van der Waals surface area contributed by atoms with E-state index in [9.17, 15) is 0 Å². The first kappa shape index (κ1) is 13.9. The predicted molar refractivity (Wildman–Crippen MR) is 82.7 cm³/mol. The summed E-state index contributed by atoms with van der Waals surface area (Å²) in [4.78, 5) is 8.49. The van der Waals surface area contributed by atoms with Crippen LogP contribution in [-0.4, -0.2) is 24.2 Å². The number of nitrogens with two attached hydrogens (primary N) is 1. The minimum Gasteiger partial charge on any atom is -0.497 e. The van der Waals surface area contributed by atoms with E-state index in [2.05, 4.69) is 9.97 Å². The highest BCUT2D eigenvalue weighted by Crippen LogP contribution is 2.34. The lowest BCUT2D eigenvalue weighted by atomic mass is 10.1. The van der Waals surface area contributed by atoms with Gasteiger partial charge in [-0.2, -0.15) is 0 Å². The van der Waals surface area contributed by atoms with E-state index in [1.807, 2.05) is 24.3 Å². The zero-order valence-corrected chi connectivity index (χ0v) is 12.2. The van der Waals surface area contributed by atoms with Gasteiger partial charge in [0.05, 0.1) is 26.2 Å². The van der Waals surface area contributed by atoms with Gasteiger partial charge in [0.1, 0.15) is 17.2 Å². The highest BCUT2D eigenvalue weighted by atomic mass is 16.5. The van der Waals surface area contributed by atoms with Gasteiger partial charge in [0.15, 0.2) is 5.76 Å². The van der Waals surface area contributed by atoms with E-state index in [0.29, 0.717) is 28.6 Å². The van der Waals surface area contributed by atoms with E-state index >= 15 is 0 Å². The quantitative estimate of drug-likeness (QED) is 0.797. The molecule has 0 aliphatic rings. The van der Waals surface area contributed by atoms with Crippen LogP contribution in [0.5, 0.6) is 11.5 Å². The number of methoxy groups -OCH3 is 2. The minimum absolute atomic E-state index is 0.161. The van der Waals surface area contributed by atoms with Gasteiger partial charge < -0.3 is 19.6 Å². The van der Waals surface area contributed by atoms with Gasteiger partial charge in [-0.3, -0.25) is 0 Å². The number of nitrogens with zero attached hydrogens (tertiary/aromatic N) is 2. The monoisotopic (exact) mass is 297 g/mol. The fourth-order valence-electron chi connectivity index (χ4n) is 2.17. The molecule has 2 N–H and O–H groups in total. The molecule has 2 heterocycles. The molecule has 0 aliphatic carbocycles. The van der Waals surface area contributed by atoms with Gasteiger partial charge in [0.25, 0.3) is 0 Å². The molecule has 0 spiro atoms. The zero-order chi connectivity index (χ0) is 15.5. The molecule has 0 amide bonds. The average Bonchev–Trinajstić information content (AvgIpc) is 3.08. The van der Waals surface area contributed by atoms with Crippen LogP contribution < -0.4 is 15.2 Å². The number of rotatable bonds is 4. The second kappa shape index (κ2) is 5.77. The fraction of sp³-hybridized carbons (Fsp3) is 0.125. The minimum atomic E-state index is 0.161. The zero-order valence-electron chi connectivity index (χ0n) is 12.2. The topological polar surface area (TPSA) is 83.4 Å². The Balaban J connectivity index is 2.16. The van der Waals surface area contributed by atoms with Crippen LogP contribution in [0.3, 0.4) is 0 Å². The van der Waals surface area contributed by atoms with Crippen molar-refractivity contribution >= 4 is 5.95 Å². The lowest BCUT2D eigenvalue weighted by Gasteiger charge is -2.11. The Labute approximate surface area is 127 Å². The first-order valence-corrected chi connectivity index (χ1v) is 6.62. The summed E-state index contributed by atoms with van der Waals surface area (Å²) in [6, 6.07) is 10.9. The molecule has 0 fully saturated rings. The van der Waals surface area contributed by atoms with Gasteiger partial charge in [-0.1, -0.05) is 0 Å². The summed E-state index contributed by atoms with van der Waals surface area (Å²) >= 11 is 0. The van der Waals surface area contributed by atoms with Crippen molar-refractivity contribution in [3.63, 3.8) is 0 Å². The Morgan fingerprint density at radius 1 is 1.00 bits per heavy atom. The molecule has 1 aromatic carbocycles. The Bertz CT molecular complexity index is 785. The number of nitrogen functional groups attached to an aromatic ring is 1. The molecular weight excluding hydrogens is 282 g/mol. The van der Waals surface area contributed by atoms with Crippen LogP contribution in [-0.2, 0) is 0 Å². The first-order valence-electron chi connectivity index (χ1n) is 6.62. The lowest BCUT2D eigenvalue weighted by Crippen LogP contribution is -1.99. The van der Waals surface area contributed by atoms with Crippen LogP contribution in [0.2, 0.25) is 0 Å². The molecule has 0 saturated carbocycles. The van der Waals surface area contributed by atoms with Crippen LogP contribution in [0.4, 0.5) is 5.95 Å². The maximum Gasteiger partial charge on any atom is 0.221 e. The number of hydrogen-bond acceptors (Lipinski definition) is 6. The van der Waals surface area contributed by atoms with Gasteiger partial charge in [-0.05, 0) is 36.4 Å². The normalized spacial score (nSPS) is 10.5. The summed E-state index contributed by atoms with van der Waals surface area (Å²) in [5.74, 6) is 2.16. The predicted octanol–water partition coefficient (Wildman–Crippen LogP) is 3.00. The van der Waals surface area contributed by atoms with Gasteiger partial charge in [-0.25, -0.2) is 9.97 Å². The van der Waals surface area contributed by atoms with E-state index in [0.717, 1.165) is 5.56 Å². The summed E-state index contributed by atoms with van der Waals surface area (Å²) in [5, 5.41) is 0. The number of anilines is 1. The van der Waals surface area contributed by atoms with Gasteiger partial charge in [0.2, 0.25) is 5.95 Å². The van der Waals surface area contributed by atoms with Crippen molar-refractivity contribution in [3.05, 3.63) is 42.7 Å². The molecule has 0 saturated heterocycles. The molecule has 0 atom stereocenters. The smallest absolute Gasteiger partial charge is 0.221 e. The molecule has 3 aromatic rings. The number of ether oxygens (including phenoxy) is 2. The first-order chi connectivity index (χ1) is 10.7. The number of aromatic nitrogens is 2. The van der Waals surface area contributed by atoms with Crippen molar-refractivity contribution in [2.24, 2.45) is 0 Å². The van der Waals surface area contributed by atoms with Crippen molar-refractivity contribution in [1.82, 2.24) is 9.97 Å². The van der Waals surface area contributed by atoms with E-state index in [4.69, 9.17) is 19.6 Å². The molecule has 2 aromatic heterocycles. The molecule has 3 rings (SSSR count). The summed E-state index contributed by atoms with van der Waals surface area (Å²) < 4.78 is 16.0. The Morgan fingerprint density at radius 2 is 1.82 bits per heavy atom. The van der Waals surface area contributed by atoms with E-state index in [1.54, 1.807) is 32.6 Å². The van der Waals surface area contributed by atoms with E-state index in [1.165, 1.54) is 0 Å². The molecule has 22 heavy (non-hydrogen) atoms. The largest absolute Gasteiger partial charge is 0.497 e. The second-order valence-corrected chi connectivity index (χ2v) is 4.54. The summed E-state index contributed by atoms with van der Waals surface area (Å²) in [6.45, 7) is 0.